The predicted molar refractivity (Wildman–Crippen MR) is 106 cm³/mol. The fourth-order valence-corrected chi connectivity index (χ4v) is 5.73. The largest absolute Gasteiger partial charge is 0.417 e. The van der Waals surface area contributed by atoms with Gasteiger partial charge in [-0.2, -0.15) is 18.4 Å². The summed E-state index contributed by atoms with van der Waals surface area (Å²) in [4.78, 5) is 11.5. The van der Waals surface area contributed by atoms with E-state index in [1.807, 2.05) is 6.07 Å². The average Bonchev–Trinajstić information content (AvgIpc) is 3.24. The molecule has 1 amide bonds. The highest BCUT2D eigenvalue weighted by Gasteiger charge is 2.48. The molecule has 0 bridgehead atoms. The number of nitrogens with zero attached hydrogens (tertiary/aromatic N) is 1. The van der Waals surface area contributed by atoms with Crippen LogP contribution >= 0.6 is 15.9 Å². The van der Waals surface area contributed by atoms with Crippen molar-refractivity contribution in [3.05, 3.63) is 28.2 Å². The first-order valence-electron chi connectivity index (χ1n) is 9.35. The van der Waals surface area contributed by atoms with Crippen molar-refractivity contribution in [2.45, 2.75) is 60.9 Å². The number of nitrogens with one attached hydrogen (secondary N) is 1. The molecule has 6 nitrogen and oxygen atoms in total. The topological polar surface area (TPSA) is 107 Å². The summed E-state index contributed by atoms with van der Waals surface area (Å²) >= 11 is 2.93. The van der Waals surface area contributed by atoms with E-state index >= 15 is 0 Å². The molecule has 1 aromatic rings. The zero-order valence-corrected chi connectivity index (χ0v) is 18.6. The maximum absolute atomic E-state index is 13.3. The van der Waals surface area contributed by atoms with Crippen molar-refractivity contribution < 1.29 is 31.5 Å². The molecule has 2 atom stereocenters. The minimum atomic E-state index is -4.81. The molecule has 0 aliphatic heterocycles. The van der Waals surface area contributed by atoms with Crippen LogP contribution < -0.4 is 5.32 Å². The minimum Gasteiger partial charge on any atom is -0.397 e. The van der Waals surface area contributed by atoms with Gasteiger partial charge in [0.25, 0.3) is 0 Å². The summed E-state index contributed by atoms with van der Waals surface area (Å²) in [7, 11) is -4.26. The standard InChI is InChI=1S/C17H16BrF3N2O3S.C2H6O/c18-11-2-4-14(13(8-11)17(19,20)21)27(25,26)12-3-1-10(7-12)15(24)23-16(9-22)5-6-16;1-2-3/h2,4,8,10,12H,1,3,5-7H2,(H,23,24);3H,2H2,1H3/t10?,12-;/m0./s1. The molecule has 0 spiro atoms. The SMILES string of the molecule is CCO.N#CC1(NC(=O)C2CC[C@H](S(=O)(=O)c3ccc(Br)cc3C(F)(F)F)C2)CC1. The number of alkyl halides is 3. The second-order valence-corrected chi connectivity index (χ2v) is 10.4. The smallest absolute Gasteiger partial charge is 0.397 e. The molecule has 2 aliphatic carbocycles. The number of hydrogen-bond donors (Lipinski definition) is 2. The average molecular weight is 511 g/mol. The predicted octanol–water partition coefficient (Wildman–Crippen LogP) is 3.58. The van der Waals surface area contributed by atoms with Gasteiger partial charge in [-0.3, -0.25) is 4.79 Å². The van der Waals surface area contributed by atoms with E-state index in [-0.39, 0.29) is 30.3 Å². The number of nitriles is 1. The van der Waals surface area contributed by atoms with Crippen LogP contribution in [0.25, 0.3) is 0 Å². The lowest BCUT2D eigenvalue weighted by molar-refractivity contribution is -0.140. The Labute approximate surface area is 181 Å². The molecular formula is C19H22BrF3N2O4S. The van der Waals surface area contributed by atoms with E-state index in [9.17, 15) is 26.4 Å². The Morgan fingerprint density at radius 2 is 1.97 bits per heavy atom. The van der Waals surface area contributed by atoms with E-state index in [0.29, 0.717) is 12.8 Å². The fourth-order valence-electron chi connectivity index (χ4n) is 3.34. The Hall–Kier alpha value is -1.64. The Morgan fingerprint density at radius 3 is 2.47 bits per heavy atom. The quantitative estimate of drug-likeness (QED) is 0.643. The monoisotopic (exact) mass is 510 g/mol. The Balaban J connectivity index is 0.00000101. The third kappa shape index (κ3) is 5.53. The number of carbonyl (C=O) groups is 1. The highest BCUT2D eigenvalue weighted by molar-refractivity contribution is 9.10. The van der Waals surface area contributed by atoms with Crippen molar-refractivity contribution in [3.8, 4) is 6.07 Å². The Morgan fingerprint density at radius 1 is 1.37 bits per heavy atom. The van der Waals surface area contributed by atoms with E-state index in [1.165, 1.54) is 6.07 Å². The molecule has 2 saturated carbocycles. The molecule has 0 saturated heterocycles. The summed E-state index contributed by atoms with van der Waals surface area (Å²) in [5.74, 6) is -1.03. The number of sulfone groups is 1. The van der Waals surface area contributed by atoms with Crippen LogP contribution in [0.3, 0.4) is 0 Å². The summed E-state index contributed by atoms with van der Waals surface area (Å²) in [5.41, 5.74) is -2.07. The summed E-state index contributed by atoms with van der Waals surface area (Å²) in [6.07, 6.45) is -3.40. The molecule has 3 rings (SSSR count). The summed E-state index contributed by atoms with van der Waals surface area (Å²) in [6, 6.07) is 4.97. The van der Waals surface area contributed by atoms with Gasteiger partial charge in [0.2, 0.25) is 5.91 Å². The third-order valence-corrected chi connectivity index (χ3v) is 7.84. The van der Waals surface area contributed by atoms with E-state index in [2.05, 4.69) is 21.2 Å². The van der Waals surface area contributed by atoms with Gasteiger partial charge in [0.05, 0.1) is 21.8 Å². The lowest BCUT2D eigenvalue weighted by atomic mass is 10.1. The van der Waals surface area contributed by atoms with Gasteiger partial charge in [0.1, 0.15) is 5.54 Å². The molecule has 1 unspecified atom stereocenters. The number of aliphatic hydroxyl groups excluding tert-OH is 1. The van der Waals surface area contributed by atoms with Gasteiger partial charge < -0.3 is 10.4 Å². The molecule has 1 aromatic carbocycles. The Kier molecular flexibility index (Phi) is 7.59. The van der Waals surface area contributed by atoms with Gasteiger partial charge in [-0.05, 0) is 57.2 Å². The van der Waals surface area contributed by atoms with Gasteiger partial charge in [-0.25, -0.2) is 8.42 Å². The van der Waals surface area contributed by atoms with Gasteiger partial charge in [-0.15, -0.1) is 0 Å². The second-order valence-electron chi connectivity index (χ2n) is 7.31. The minimum absolute atomic E-state index is 0.0525. The van der Waals surface area contributed by atoms with Crippen molar-refractivity contribution in [2.75, 3.05) is 6.61 Å². The highest BCUT2D eigenvalue weighted by atomic mass is 79.9. The van der Waals surface area contributed by atoms with Gasteiger partial charge in [0.15, 0.2) is 9.84 Å². The number of carbonyl (C=O) groups excluding carboxylic acids is 1. The van der Waals surface area contributed by atoms with Crippen molar-refractivity contribution in [2.24, 2.45) is 5.92 Å². The number of aliphatic hydroxyl groups is 1. The van der Waals surface area contributed by atoms with Crippen molar-refractivity contribution in [3.63, 3.8) is 0 Å². The molecule has 11 heteroatoms. The van der Waals surface area contributed by atoms with Crippen LogP contribution in [-0.2, 0) is 20.8 Å². The molecule has 2 fully saturated rings. The van der Waals surface area contributed by atoms with Gasteiger partial charge >= 0.3 is 6.18 Å². The fraction of sp³-hybridized carbons (Fsp3) is 0.579. The lowest BCUT2D eigenvalue weighted by Crippen LogP contribution is -2.39. The molecule has 0 heterocycles. The van der Waals surface area contributed by atoms with Gasteiger partial charge in [0, 0.05) is 17.0 Å². The van der Waals surface area contributed by atoms with Crippen LogP contribution in [0.2, 0.25) is 0 Å². The summed E-state index contributed by atoms with van der Waals surface area (Å²) < 4.78 is 65.7. The van der Waals surface area contributed by atoms with Crippen LogP contribution in [0.5, 0.6) is 0 Å². The Bertz CT molecular complexity index is 940. The lowest BCUT2D eigenvalue weighted by Gasteiger charge is -2.18. The molecule has 30 heavy (non-hydrogen) atoms. The van der Waals surface area contributed by atoms with Crippen molar-refractivity contribution in [1.82, 2.24) is 5.32 Å². The number of hydrogen-bond acceptors (Lipinski definition) is 5. The second kappa shape index (κ2) is 9.24. The van der Waals surface area contributed by atoms with E-state index in [0.717, 1.165) is 12.1 Å². The zero-order valence-electron chi connectivity index (χ0n) is 16.2. The van der Waals surface area contributed by atoms with E-state index < -0.39 is 49.1 Å². The molecule has 0 aromatic heterocycles. The number of benzene rings is 1. The van der Waals surface area contributed by atoms with Crippen LogP contribution in [0, 0.1) is 17.2 Å². The van der Waals surface area contributed by atoms with Gasteiger partial charge in [-0.1, -0.05) is 15.9 Å². The first-order chi connectivity index (χ1) is 13.9. The first-order valence-corrected chi connectivity index (χ1v) is 11.7. The maximum atomic E-state index is 13.3. The first kappa shape index (κ1) is 24.6. The molecular weight excluding hydrogens is 489 g/mol. The summed E-state index contributed by atoms with van der Waals surface area (Å²) in [6.45, 7) is 1.93. The van der Waals surface area contributed by atoms with Crippen LogP contribution in [-0.4, -0.2) is 36.8 Å². The normalized spacial score (nSPS) is 22.4. The third-order valence-electron chi connectivity index (χ3n) is 5.07. The molecule has 166 valence electrons. The van der Waals surface area contributed by atoms with E-state index in [1.54, 1.807) is 6.92 Å². The zero-order chi connectivity index (χ0) is 22.7. The number of rotatable bonds is 4. The number of amides is 1. The van der Waals surface area contributed by atoms with Crippen LogP contribution in [0.15, 0.2) is 27.6 Å². The summed E-state index contributed by atoms with van der Waals surface area (Å²) in [5, 5.41) is 18.2. The maximum Gasteiger partial charge on any atom is 0.417 e. The molecule has 2 N–H and O–H groups in total. The molecule has 0 radical (unpaired) electrons. The van der Waals surface area contributed by atoms with E-state index in [4.69, 9.17) is 10.4 Å². The highest BCUT2D eigenvalue weighted by Crippen LogP contribution is 2.41. The number of halogens is 4. The van der Waals surface area contributed by atoms with Crippen LogP contribution in [0.1, 0.15) is 44.6 Å². The molecule has 2 aliphatic rings. The van der Waals surface area contributed by atoms with Crippen LogP contribution in [0.4, 0.5) is 13.2 Å². The van der Waals surface area contributed by atoms with Crippen molar-refractivity contribution in [1.29, 1.82) is 5.26 Å². The van der Waals surface area contributed by atoms with Crippen molar-refractivity contribution >= 4 is 31.7 Å².